The van der Waals surface area contributed by atoms with Gasteiger partial charge < -0.3 is 5.32 Å². The van der Waals surface area contributed by atoms with E-state index in [9.17, 15) is 8.42 Å². The van der Waals surface area contributed by atoms with Gasteiger partial charge >= 0.3 is 0 Å². The van der Waals surface area contributed by atoms with Gasteiger partial charge in [0.1, 0.15) is 4.90 Å². The van der Waals surface area contributed by atoms with E-state index in [1.54, 1.807) is 6.07 Å². The van der Waals surface area contributed by atoms with E-state index in [1.165, 1.54) is 11.3 Å². The number of hydrogen-bond donors (Lipinski definition) is 2. The minimum Gasteiger partial charge on any atom is -0.315 e. The first-order valence-electron chi connectivity index (χ1n) is 6.39. The van der Waals surface area contributed by atoms with Gasteiger partial charge in [-0.15, -0.1) is 11.3 Å². The lowest BCUT2D eigenvalue weighted by atomic mass is 9.76. The van der Waals surface area contributed by atoms with Crippen LogP contribution < -0.4 is 10.0 Å². The van der Waals surface area contributed by atoms with E-state index in [0.29, 0.717) is 15.2 Å². The van der Waals surface area contributed by atoms with Gasteiger partial charge in [0.15, 0.2) is 0 Å². The van der Waals surface area contributed by atoms with Crippen molar-refractivity contribution >= 4 is 37.3 Å². The SMILES string of the molecule is CCC1(NS(=O)(=O)c2cc(CNC)sc2Br)CCC1. The highest BCUT2D eigenvalue weighted by molar-refractivity contribution is 9.11. The zero-order valence-corrected chi connectivity index (χ0v) is 14.3. The Morgan fingerprint density at radius 3 is 2.63 bits per heavy atom. The first kappa shape index (κ1) is 15.4. The van der Waals surface area contributed by atoms with Gasteiger partial charge in [-0.1, -0.05) is 6.92 Å². The maximum Gasteiger partial charge on any atom is 0.243 e. The van der Waals surface area contributed by atoms with Crippen LogP contribution >= 0.6 is 27.3 Å². The molecule has 19 heavy (non-hydrogen) atoms. The maximum absolute atomic E-state index is 12.5. The van der Waals surface area contributed by atoms with E-state index in [4.69, 9.17) is 0 Å². The molecule has 1 fully saturated rings. The fraction of sp³-hybridized carbons (Fsp3) is 0.667. The summed E-state index contributed by atoms with van der Waals surface area (Å²) in [7, 11) is -1.59. The van der Waals surface area contributed by atoms with E-state index >= 15 is 0 Å². The standard InChI is InChI=1S/C12H19BrN2O2S2/c1-3-12(5-4-6-12)15-19(16,17)10-7-9(8-14-2)18-11(10)13/h7,14-15H,3-6,8H2,1-2H3. The first-order chi connectivity index (χ1) is 8.92. The minimum absolute atomic E-state index is 0.219. The topological polar surface area (TPSA) is 58.2 Å². The average Bonchev–Trinajstić information content (AvgIpc) is 2.66. The second-order valence-corrected chi connectivity index (χ2v) is 9.08. The van der Waals surface area contributed by atoms with Gasteiger partial charge in [0.25, 0.3) is 0 Å². The Morgan fingerprint density at radius 1 is 1.47 bits per heavy atom. The lowest BCUT2D eigenvalue weighted by molar-refractivity contribution is 0.214. The summed E-state index contributed by atoms with van der Waals surface area (Å²) in [6, 6.07) is 1.75. The Kier molecular flexibility index (Phi) is 4.72. The molecule has 1 aliphatic carbocycles. The molecule has 1 saturated carbocycles. The molecule has 0 saturated heterocycles. The number of thiophene rings is 1. The molecule has 2 N–H and O–H groups in total. The molecule has 1 aliphatic rings. The predicted molar refractivity (Wildman–Crippen MR) is 82.0 cm³/mol. The lowest BCUT2D eigenvalue weighted by Crippen LogP contribution is -2.52. The van der Waals surface area contributed by atoms with Crippen molar-refractivity contribution in [1.82, 2.24) is 10.0 Å². The van der Waals surface area contributed by atoms with E-state index in [1.807, 2.05) is 14.0 Å². The molecule has 1 aromatic rings. The fourth-order valence-corrected chi connectivity index (χ4v) is 6.54. The molecule has 0 radical (unpaired) electrons. The van der Waals surface area contributed by atoms with Gasteiger partial charge in [-0.2, -0.15) is 0 Å². The van der Waals surface area contributed by atoms with Gasteiger partial charge in [0, 0.05) is 17.0 Å². The third-order valence-corrected chi connectivity index (χ3v) is 7.52. The first-order valence-corrected chi connectivity index (χ1v) is 9.48. The van der Waals surface area contributed by atoms with Crippen molar-refractivity contribution in [2.45, 2.75) is 49.6 Å². The largest absolute Gasteiger partial charge is 0.315 e. The molecule has 0 amide bonds. The summed E-state index contributed by atoms with van der Waals surface area (Å²) in [5.41, 5.74) is -0.219. The average molecular weight is 367 g/mol. The number of rotatable bonds is 6. The number of sulfonamides is 1. The van der Waals surface area contributed by atoms with Gasteiger partial charge in [-0.05, 0) is 54.7 Å². The van der Waals surface area contributed by atoms with Crippen LogP contribution in [-0.2, 0) is 16.6 Å². The monoisotopic (exact) mass is 366 g/mol. The van der Waals surface area contributed by atoms with Gasteiger partial charge in [-0.3, -0.25) is 0 Å². The van der Waals surface area contributed by atoms with Crippen molar-refractivity contribution in [3.63, 3.8) is 0 Å². The van der Waals surface area contributed by atoms with Gasteiger partial charge in [-0.25, -0.2) is 13.1 Å². The molecular weight excluding hydrogens is 348 g/mol. The minimum atomic E-state index is -3.43. The quantitative estimate of drug-likeness (QED) is 0.813. The highest BCUT2D eigenvalue weighted by Crippen LogP contribution is 2.38. The molecule has 4 nitrogen and oxygen atoms in total. The fourth-order valence-electron chi connectivity index (χ4n) is 2.31. The molecule has 0 aromatic carbocycles. The van der Waals surface area contributed by atoms with E-state index < -0.39 is 10.0 Å². The Bertz CT molecular complexity index is 545. The van der Waals surface area contributed by atoms with Crippen molar-refractivity contribution in [3.8, 4) is 0 Å². The van der Waals surface area contributed by atoms with Crippen molar-refractivity contribution in [1.29, 1.82) is 0 Å². The molecule has 0 atom stereocenters. The third kappa shape index (κ3) is 3.21. The van der Waals surface area contributed by atoms with Crippen molar-refractivity contribution in [3.05, 3.63) is 14.7 Å². The Hall–Kier alpha value is 0.0500. The number of hydrogen-bond acceptors (Lipinski definition) is 4. The molecule has 0 bridgehead atoms. The normalized spacial score (nSPS) is 18.3. The van der Waals surface area contributed by atoms with E-state index in [2.05, 4.69) is 26.0 Å². The van der Waals surface area contributed by atoms with Crippen LogP contribution in [0.15, 0.2) is 14.7 Å². The Labute approximate surface area is 127 Å². The molecule has 2 rings (SSSR count). The van der Waals surface area contributed by atoms with Crippen LogP contribution in [0.2, 0.25) is 0 Å². The molecule has 0 aliphatic heterocycles. The maximum atomic E-state index is 12.5. The van der Waals surface area contributed by atoms with Crippen molar-refractivity contribution in [2.75, 3.05) is 7.05 Å². The summed E-state index contributed by atoms with van der Waals surface area (Å²) in [5, 5.41) is 3.03. The smallest absolute Gasteiger partial charge is 0.243 e. The molecule has 7 heteroatoms. The Balaban J connectivity index is 2.24. The summed E-state index contributed by atoms with van der Waals surface area (Å²) < 4.78 is 28.5. The van der Waals surface area contributed by atoms with E-state index in [-0.39, 0.29) is 5.54 Å². The lowest BCUT2D eigenvalue weighted by Gasteiger charge is -2.41. The van der Waals surface area contributed by atoms with Gasteiger partial charge in [0.2, 0.25) is 10.0 Å². The van der Waals surface area contributed by atoms with E-state index in [0.717, 1.165) is 30.6 Å². The molecular formula is C12H19BrN2O2S2. The highest BCUT2D eigenvalue weighted by Gasteiger charge is 2.39. The zero-order chi connectivity index (χ0) is 14.1. The summed E-state index contributed by atoms with van der Waals surface area (Å²) in [4.78, 5) is 1.37. The number of nitrogens with one attached hydrogen (secondary N) is 2. The highest BCUT2D eigenvalue weighted by atomic mass is 79.9. The van der Waals surface area contributed by atoms with Crippen LogP contribution in [0.1, 0.15) is 37.5 Å². The summed E-state index contributed by atoms with van der Waals surface area (Å²) in [6.07, 6.45) is 3.82. The van der Waals surface area contributed by atoms with Crippen LogP contribution in [-0.4, -0.2) is 21.0 Å². The van der Waals surface area contributed by atoms with Crippen molar-refractivity contribution < 1.29 is 8.42 Å². The molecule has 1 heterocycles. The zero-order valence-electron chi connectivity index (χ0n) is 11.1. The number of halogens is 1. The molecule has 0 unspecified atom stereocenters. The Morgan fingerprint density at radius 2 is 2.16 bits per heavy atom. The van der Waals surface area contributed by atoms with Gasteiger partial charge in [0.05, 0.1) is 3.79 Å². The summed E-state index contributed by atoms with van der Waals surface area (Å²) in [5.74, 6) is 0. The van der Waals surface area contributed by atoms with Crippen molar-refractivity contribution in [2.24, 2.45) is 0 Å². The van der Waals surface area contributed by atoms with Crippen LogP contribution in [0.5, 0.6) is 0 Å². The van der Waals surface area contributed by atoms with Crippen LogP contribution in [0, 0.1) is 0 Å². The summed E-state index contributed by atoms with van der Waals surface area (Å²) in [6.45, 7) is 2.72. The van der Waals surface area contributed by atoms with Crippen LogP contribution in [0.4, 0.5) is 0 Å². The van der Waals surface area contributed by atoms with Crippen LogP contribution in [0.3, 0.4) is 0 Å². The predicted octanol–water partition coefficient (Wildman–Crippen LogP) is 2.84. The third-order valence-electron chi connectivity index (χ3n) is 3.69. The molecule has 1 aromatic heterocycles. The second kappa shape index (κ2) is 5.81. The summed E-state index contributed by atoms with van der Waals surface area (Å²) >= 11 is 4.82. The second-order valence-electron chi connectivity index (χ2n) is 4.97. The van der Waals surface area contributed by atoms with Crippen LogP contribution in [0.25, 0.3) is 0 Å². The molecule has 0 spiro atoms. The molecule has 108 valence electrons.